The van der Waals surface area contributed by atoms with E-state index in [9.17, 15) is 13.2 Å². The highest BCUT2D eigenvalue weighted by Gasteiger charge is 2.33. The molecule has 3 unspecified atom stereocenters. The minimum atomic E-state index is -2.93. The van der Waals surface area contributed by atoms with Gasteiger partial charge in [-0.25, -0.2) is 13.2 Å². The molecule has 0 aliphatic carbocycles. The van der Waals surface area contributed by atoms with Gasteiger partial charge in [-0.2, -0.15) is 0 Å². The summed E-state index contributed by atoms with van der Waals surface area (Å²) in [5.74, 6) is 0.290. The predicted molar refractivity (Wildman–Crippen MR) is 70.2 cm³/mol. The lowest BCUT2D eigenvalue weighted by atomic mass is 9.98. The molecule has 3 atom stereocenters. The number of nitrogens with zero attached hydrogens (tertiary/aromatic N) is 1. The molecule has 0 saturated carbocycles. The monoisotopic (exact) mass is 274 g/mol. The van der Waals surface area contributed by atoms with Gasteiger partial charge in [-0.3, -0.25) is 0 Å². The van der Waals surface area contributed by atoms with Crippen molar-refractivity contribution in [2.45, 2.75) is 57.7 Å². The maximum absolute atomic E-state index is 12.2. The number of likely N-dealkylation sites (tertiary alicyclic amines) is 1. The van der Waals surface area contributed by atoms with E-state index >= 15 is 0 Å². The van der Waals surface area contributed by atoms with Crippen LogP contribution in [0.25, 0.3) is 0 Å². The first-order valence-corrected chi connectivity index (χ1v) is 8.50. The van der Waals surface area contributed by atoms with Gasteiger partial charge < -0.3 is 10.2 Å². The van der Waals surface area contributed by atoms with Gasteiger partial charge in [0.15, 0.2) is 9.84 Å². The molecular formula is C12H22N2O3S. The lowest BCUT2D eigenvalue weighted by Crippen LogP contribution is -2.54. The highest BCUT2D eigenvalue weighted by molar-refractivity contribution is 7.91. The molecule has 0 aromatic rings. The Balaban J connectivity index is 1.95. The molecule has 0 bridgehead atoms. The third-order valence-electron chi connectivity index (χ3n) is 3.99. The average Bonchev–Trinajstić information content (AvgIpc) is 2.57. The third kappa shape index (κ3) is 2.96. The summed E-state index contributed by atoms with van der Waals surface area (Å²) in [5.41, 5.74) is 0. The summed E-state index contributed by atoms with van der Waals surface area (Å²) in [4.78, 5) is 14.1. The lowest BCUT2D eigenvalue weighted by Gasteiger charge is -2.39. The quantitative estimate of drug-likeness (QED) is 0.780. The molecule has 1 N–H and O–H groups in total. The Labute approximate surface area is 109 Å². The molecule has 6 heteroatoms. The molecule has 0 radical (unpaired) electrons. The molecule has 2 heterocycles. The van der Waals surface area contributed by atoms with E-state index in [2.05, 4.69) is 19.2 Å². The van der Waals surface area contributed by atoms with Gasteiger partial charge in [0.2, 0.25) is 0 Å². The first-order valence-electron chi connectivity index (χ1n) is 6.68. The number of amides is 2. The fourth-order valence-electron chi connectivity index (χ4n) is 2.98. The fraction of sp³-hybridized carbons (Fsp3) is 0.917. The van der Waals surface area contributed by atoms with E-state index < -0.39 is 9.84 Å². The maximum atomic E-state index is 12.2. The van der Waals surface area contributed by atoms with Crippen molar-refractivity contribution < 1.29 is 13.2 Å². The second-order valence-electron chi connectivity index (χ2n) is 5.59. The number of nitrogens with one attached hydrogen (secondary N) is 1. The Morgan fingerprint density at radius 1 is 1.17 bits per heavy atom. The van der Waals surface area contributed by atoms with Gasteiger partial charge in [-0.05, 0) is 39.5 Å². The molecule has 2 amide bonds. The highest BCUT2D eigenvalue weighted by Crippen LogP contribution is 2.23. The zero-order valence-corrected chi connectivity index (χ0v) is 11.9. The summed E-state index contributed by atoms with van der Waals surface area (Å²) < 4.78 is 22.7. The first-order chi connectivity index (χ1) is 8.39. The Hall–Kier alpha value is -0.780. The van der Waals surface area contributed by atoms with Crippen molar-refractivity contribution in [1.29, 1.82) is 0 Å². The number of urea groups is 1. The number of rotatable bonds is 1. The van der Waals surface area contributed by atoms with Gasteiger partial charge in [0.25, 0.3) is 0 Å². The molecule has 104 valence electrons. The Kier molecular flexibility index (Phi) is 3.84. The first kappa shape index (κ1) is 13.6. The van der Waals surface area contributed by atoms with Crippen LogP contribution >= 0.6 is 0 Å². The van der Waals surface area contributed by atoms with Crippen molar-refractivity contribution in [1.82, 2.24) is 10.2 Å². The van der Waals surface area contributed by atoms with Gasteiger partial charge in [0.1, 0.15) is 0 Å². The Bertz CT molecular complexity index is 411. The fourth-order valence-corrected chi connectivity index (χ4v) is 4.65. The van der Waals surface area contributed by atoms with Gasteiger partial charge in [0, 0.05) is 18.1 Å². The Morgan fingerprint density at radius 2 is 1.78 bits per heavy atom. The van der Waals surface area contributed by atoms with Crippen molar-refractivity contribution >= 4 is 15.9 Å². The summed E-state index contributed by atoms with van der Waals surface area (Å²) in [6.45, 7) is 4.11. The molecule has 0 aromatic heterocycles. The molecule has 2 aliphatic rings. The zero-order chi connectivity index (χ0) is 13.3. The number of hydrogen-bond acceptors (Lipinski definition) is 3. The molecule has 2 saturated heterocycles. The number of piperidine rings is 1. The smallest absolute Gasteiger partial charge is 0.318 e. The van der Waals surface area contributed by atoms with Crippen LogP contribution in [0.3, 0.4) is 0 Å². The van der Waals surface area contributed by atoms with E-state index in [1.807, 2.05) is 4.90 Å². The maximum Gasteiger partial charge on any atom is 0.318 e. The molecule has 2 rings (SSSR count). The van der Waals surface area contributed by atoms with E-state index in [1.54, 1.807) is 0 Å². The number of sulfone groups is 1. The van der Waals surface area contributed by atoms with E-state index in [1.165, 1.54) is 0 Å². The van der Waals surface area contributed by atoms with E-state index in [0.717, 1.165) is 19.3 Å². The van der Waals surface area contributed by atoms with Crippen LogP contribution < -0.4 is 5.32 Å². The summed E-state index contributed by atoms with van der Waals surface area (Å²) in [5, 5.41) is 2.87. The molecule has 0 spiro atoms. The summed E-state index contributed by atoms with van der Waals surface area (Å²) in [6, 6.07) is 0.180. The lowest BCUT2D eigenvalue weighted by molar-refractivity contribution is 0.121. The van der Waals surface area contributed by atoms with E-state index in [-0.39, 0.29) is 35.7 Å². The van der Waals surface area contributed by atoms with Crippen LogP contribution in [-0.2, 0) is 9.84 Å². The van der Waals surface area contributed by atoms with Gasteiger partial charge in [-0.1, -0.05) is 0 Å². The molecular weight excluding hydrogens is 252 g/mol. The highest BCUT2D eigenvalue weighted by atomic mass is 32.2. The van der Waals surface area contributed by atoms with Crippen molar-refractivity contribution in [3.8, 4) is 0 Å². The van der Waals surface area contributed by atoms with Crippen LogP contribution in [0, 0.1) is 0 Å². The third-order valence-corrected chi connectivity index (χ3v) is 5.76. The second kappa shape index (κ2) is 5.07. The minimum Gasteiger partial charge on any atom is -0.334 e. The van der Waals surface area contributed by atoms with Gasteiger partial charge in [0.05, 0.1) is 11.5 Å². The minimum absolute atomic E-state index is 0.0926. The van der Waals surface area contributed by atoms with Crippen LogP contribution in [-0.4, -0.2) is 49.0 Å². The van der Waals surface area contributed by atoms with E-state index in [0.29, 0.717) is 6.42 Å². The van der Waals surface area contributed by atoms with Crippen molar-refractivity contribution in [3.63, 3.8) is 0 Å². The molecule has 2 fully saturated rings. The standard InChI is InChI=1S/C12H22N2O3S/c1-9-4-3-5-10(2)14(9)12(15)13-11-6-7-18(16,17)8-11/h9-11H,3-8H2,1-2H3,(H,13,15). The molecule has 0 aromatic carbocycles. The SMILES string of the molecule is CC1CCCC(C)N1C(=O)NC1CCS(=O)(=O)C1. The predicted octanol–water partition coefficient (Wildman–Crippen LogP) is 1.15. The van der Waals surface area contributed by atoms with Gasteiger partial charge >= 0.3 is 6.03 Å². The summed E-state index contributed by atoms with van der Waals surface area (Å²) in [7, 11) is -2.93. The number of carbonyl (C=O) groups is 1. The summed E-state index contributed by atoms with van der Waals surface area (Å²) in [6.07, 6.45) is 3.76. The average molecular weight is 274 g/mol. The normalized spacial score (nSPS) is 35.4. The van der Waals surface area contributed by atoms with Crippen LogP contribution in [0.1, 0.15) is 39.5 Å². The second-order valence-corrected chi connectivity index (χ2v) is 7.81. The van der Waals surface area contributed by atoms with Crippen LogP contribution in [0.5, 0.6) is 0 Å². The summed E-state index contributed by atoms with van der Waals surface area (Å²) >= 11 is 0. The zero-order valence-electron chi connectivity index (χ0n) is 11.1. The van der Waals surface area contributed by atoms with Crippen molar-refractivity contribution in [2.75, 3.05) is 11.5 Å². The van der Waals surface area contributed by atoms with Crippen molar-refractivity contribution in [3.05, 3.63) is 0 Å². The van der Waals surface area contributed by atoms with Crippen molar-refractivity contribution in [2.24, 2.45) is 0 Å². The molecule has 2 aliphatic heterocycles. The van der Waals surface area contributed by atoms with Crippen LogP contribution in [0.4, 0.5) is 4.79 Å². The number of hydrogen-bond donors (Lipinski definition) is 1. The van der Waals surface area contributed by atoms with Crippen LogP contribution in [0.15, 0.2) is 0 Å². The molecule has 18 heavy (non-hydrogen) atoms. The van der Waals surface area contributed by atoms with E-state index in [4.69, 9.17) is 0 Å². The Morgan fingerprint density at radius 3 is 2.28 bits per heavy atom. The number of carbonyl (C=O) groups excluding carboxylic acids is 1. The molecule has 5 nitrogen and oxygen atoms in total. The van der Waals surface area contributed by atoms with Crippen LogP contribution in [0.2, 0.25) is 0 Å². The topological polar surface area (TPSA) is 66.5 Å². The van der Waals surface area contributed by atoms with Gasteiger partial charge in [-0.15, -0.1) is 0 Å². The largest absolute Gasteiger partial charge is 0.334 e.